The molecule has 0 aliphatic heterocycles. The maximum atomic E-state index is 12.7. The highest BCUT2D eigenvalue weighted by Gasteiger charge is 2.35. The van der Waals surface area contributed by atoms with Crippen molar-refractivity contribution >= 4 is 17.5 Å². The van der Waals surface area contributed by atoms with Crippen molar-refractivity contribution in [3.05, 3.63) is 23.0 Å². The van der Waals surface area contributed by atoms with E-state index in [4.69, 9.17) is 17.3 Å². The van der Waals surface area contributed by atoms with Crippen LogP contribution in [0.25, 0.3) is 0 Å². The summed E-state index contributed by atoms with van der Waals surface area (Å²) < 4.78 is 65.2. The van der Waals surface area contributed by atoms with E-state index < -0.39 is 47.3 Å². The zero-order chi connectivity index (χ0) is 14.8. The number of amides is 1. The van der Waals surface area contributed by atoms with Crippen LogP contribution in [0.5, 0.6) is 5.75 Å². The molecule has 10 heteroatoms. The number of rotatable bonds is 4. The van der Waals surface area contributed by atoms with Crippen molar-refractivity contribution in [2.45, 2.75) is 18.7 Å². The van der Waals surface area contributed by atoms with Crippen LogP contribution >= 0.6 is 11.6 Å². The number of ether oxygens (including phenoxy) is 1. The first-order chi connectivity index (χ1) is 8.65. The molecule has 0 aromatic carbocycles. The number of carbonyl (C=O) groups is 1. The van der Waals surface area contributed by atoms with E-state index >= 15 is 0 Å². The SMILES string of the molecule is NC(=O)c1cc(OC(F)(F)F)c(C(F)F)c(CCl)n1. The Morgan fingerprint density at radius 2 is 2.05 bits per heavy atom. The van der Waals surface area contributed by atoms with Gasteiger partial charge in [0.2, 0.25) is 0 Å². The summed E-state index contributed by atoms with van der Waals surface area (Å²) in [6.07, 6.45) is -8.51. The van der Waals surface area contributed by atoms with Crippen LogP contribution in [0.4, 0.5) is 22.0 Å². The third-order valence-corrected chi connectivity index (χ3v) is 2.18. The highest BCUT2D eigenvalue weighted by atomic mass is 35.5. The van der Waals surface area contributed by atoms with Gasteiger partial charge in [0, 0.05) is 6.07 Å². The van der Waals surface area contributed by atoms with Crippen LogP contribution < -0.4 is 10.5 Å². The zero-order valence-corrected chi connectivity index (χ0v) is 9.73. The Balaban J connectivity index is 3.45. The Hall–Kier alpha value is -1.64. The Bertz CT molecular complexity index is 492. The van der Waals surface area contributed by atoms with Gasteiger partial charge in [0.1, 0.15) is 11.4 Å². The number of alkyl halides is 6. The fraction of sp³-hybridized carbons (Fsp3) is 0.333. The average Bonchev–Trinajstić information content (AvgIpc) is 2.24. The van der Waals surface area contributed by atoms with E-state index in [0.29, 0.717) is 6.07 Å². The second kappa shape index (κ2) is 5.55. The average molecular weight is 305 g/mol. The topological polar surface area (TPSA) is 65.2 Å². The van der Waals surface area contributed by atoms with Gasteiger partial charge in [-0.1, -0.05) is 0 Å². The third-order valence-electron chi connectivity index (χ3n) is 1.92. The molecule has 0 saturated carbocycles. The maximum absolute atomic E-state index is 12.7. The maximum Gasteiger partial charge on any atom is 0.573 e. The summed E-state index contributed by atoms with van der Waals surface area (Å²) in [5.41, 5.74) is 2.44. The summed E-state index contributed by atoms with van der Waals surface area (Å²) >= 11 is 5.31. The molecule has 1 rings (SSSR count). The van der Waals surface area contributed by atoms with Crippen LogP contribution in [0.1, 0.15) is 28.2 Å². The van der Waals surface area contributed by atoms with Crippen molar-refractivity contribution in [2.24, 2.45) is 5.73 Å². The molecule has 1 aromatic heterocycles. The first-order valence-corrected chi connectivity index (χ1v) is 5.12. The minimum Gasteiger partial charge on any atom is -0.405 e. The molecule has 0 aliphatic rings. The molecule has 0 unspecified atom stereocenters. The lowest BCUT2D eigenvalue weighted by Crippen LogP contribution is -2.21. The van der Waals surface area contributed by atoms with Gasteiger partial charge in [-0.3, -0.25) is 4.79 Å². The molecule has 1 amide bonds. The fourth-order valence-electron chi connectivity index (χ4n) is 1.25. The van der Waals surface area contributed by atoms with E-state index in [1.807, 2.05) is 0 Å². The number of halogens is 6. The van der Waals surface area contributed by atoms with Crippen molar-refractivity contribution in [2.75, 3.05) is 0 Å². The molecule has 1 heterocycles. The summed E-state index contributed by atoms with van der Waals surface area (Å²) in [6, 6.07) is 0.396. The molecule has 0 aliphatic carbocycles. The number of hydrogen-bond acceptors (Lipinski definition) is 3. The van der Waals surface area contributed by atoms with Gasteiger partial charge in [-0.15, -0.1) is 24.8 Å². The Morgan fingerprint density at radius 1 is 1.47 bits per heavy atom. The van der Waals surface area contributed by atoms with E-state index in [-0.39, 0.29) is 0 Å². The molecule has 1 aromatic rings. The minimum absolute atomic E-state index is 0.396. The monoisotopic (exact) mass is 304 g/mol. The lowest BCUT2D eigenvalue weighted by Gasteiger charge is -2.15. The number of aromatic nitrogens is 1. The summed E-state index contributed by atoms with van der Waals surface area (Å²) in [5, 5.41) is 0. The lowest BCUT2D eigenvalue weighted by atomic mass is 10.1. The molecule has 0 radical (unpaired) electrons. The summed E-state index contributed by atoms with van der Waals surface area (Å²) in [5.74, 6) is -3.07. The van der Waals surface area contributed by atoms with Gasteiger partial charge in [-0.2, -0.15) is 0 Å². The van der Waals surface area contributed by atoms with Gasteiger partial charge in [0.15, 0.2) is 0 Å². The Kier molecular flexibility index (Phi) is 4.51. The number of pyridine rings is 1. The van der Waals surface area contributed by atoms with Crippen molar-refractivity contribution in [1.82, 2.24) is 4.98 Å². The van der Waals surface area contributed by atoms with Crippen LogP contribution in [0.2, 0.25) is 0 Å². The molecule has 106 valence electrons. The Morgan fingerprint density at radius 3 is 2.42 bits per heavy atom. The molecular formula is C9H6ClF5N2O2. The van der Waals surface area contributed by atoms with Crippen LogP contribution in [-0.2, 0) is 5.88 Å². The lowest BCUT2D eigenvalue weighted by molar-refractivity contribution is -0.275. The van der Waals surface area contributed by atoms with Gasteiger partial charge in [0.05, 0.1) is 17.1 Å². The second-order valence-electron chi connectivity index (χ2n) is 3.21. The molecule has 19 heavy (non-hydrogen) atoms. The third kappa shape index (κ3) is 3.91. The zero-order valence-electron chi connectivity index (χ0n) is 8.97. The van der Waals surface area contributed by atoms with E-state index in [0.717, 1.165) is 0 Å². The molecule has 4 nitrogen and oxygen atoms in total. The van der Waals surface area contributed by atoms with E-state index in [2.05, 4.69) is 9.72 Å². The second-order valence-corrected chi connectivity index (χ2v) is 3.48. The number of hydrogen-bond donors (Lipinski definition) is 1. The van der Waals surface area contributed by atoms with Gasteiger partial charge >= 0.3 is 6.36 Å². The van der Waals surface area contributed by atoms with E-state index in [9.17, 15) is 26.7 Å². The molecule has 0 atom stereocenters. The first-order valence-electron chi connectivity index (χ1n) is 4.59. The van der Waals surface area contributed by atoms with Crippen molar-refractivity contribution in [1.29, 1.82) is 0 Å². The molecular weight excluding hydrogens is 299 g/mol. The number of carbonyl (C=O) groups excluding carboxylic acids is 1. The highest BCUT2D eigenvalue weighted by molar-refractivity contribution is 6.17. The Labute approximate surface area is 108 Å². The summed E-state index contributed by atoms with van der Waals surface area (Å²) in [4.78, 5) is 14.2. The molecule has 0 fully saturated rings. The van der Waals surface area contributed by atoms with E-state index in [1.54, 1.807) is 0 Å². The van der Waals surface area contributed by atoms with Crippen molar-refractivity contribution in [3.8, 4) is 5.75 Å². The van der Waals surface area contributed by atoms with Crippen molar-refractivity contribution in [3.63, 3.8) is 0 Å². The summed E-state index contributed by atoms with van der Waals surface area (Å²) in [6.45, 7) is 0. The van der Waals surface area contributed by atoms with Crippen LogP contribution in [0.15, 0.2) is 6.07 Å². The smallest absolute Gasteiger partial charge is 0.405 e. The predicted molar refractivity (Wildman–Crippen MR) is 54.0 cm³/mol. The molecule has 0 bridgehead atoms. The summed E-state index contributed by atoms with van der Waals surface area (Å²) in [7, 11) is 0. The standard InChI is InChI=1S/C9H6ClF5N2O2/c10-2-4-6(7(11)12)5(19-9(13,14)15)1-3(17-4)8(16)18/h1,7H,2H2,(H2,16,18). The molecule has 0 saturated heterocycles. The quantitative estimate of drug-likeness (QED) is 0.687. The van der Waals surface area contributed by atoms with Gasteiger partial charge in [0.25, 0.3) is 12.3 Å². The van der Waals surface area contributed by atoms with Gasteiger partial charge in [-0.25, -0.2) is 13.8 Å². The largest absolute Gasteiger partial charge is 0.573 e. The van der Waals surface area contributed by atoms with Gasteiger partial charge in [-0.05, 0) is 0 Å². The number of primary amides is 1. The molecule has 0 spiro atoms. The van der Waals surface area contributed by atoms with Crippen LogP contribution in [-0.4, -0.2) is 17.3 Å². The van der Waals surface area contributed by atoms with Crippen molar-refractivity contribution < 1.29 is 31.5 Å². The number of nitrogens with zero attached hydrogens (tertiary/aromatic N) is 1. The van der Waals surface area contributed by atoms with E-state index in [1.165, 1.54) is 0 Å². The van der Waals surface area contributed by atoms with Crippen LogP contribution in [0.3, 0.4) is 0 Å². The minimum atomic E-state index is -5.20. The molecule has 2 N–H and O–H groups in total. The predicted octanol–water partition coefficient (Wildman–Crippen LogP) is 2.76. The fourth-order valence-corrected chi connectivity index (χ4v) is 1.46. The first kappa shape index (κ1) is 15.4. The normalized spacial score (nSPS) is 11.7. The number of nitrogens with two attached hydrogens (primary N) is 1. The highest BCUT2D eigenvalue weighted by Crippen LogP contribution is 2.35. The van der Waals surface area contributed by atoms with Gasteiger partial charge < -0.3 is 10.5 Å². The van der Waals surface area contributed by atoms with Crippen LogP contribution in [0, 0.1) is 0 Å².